The van der Waals surface area contributed by atoms with Crippen LogP contribution in [-0.2, 0) is 22.7 Å². The number of aromatic nitrogens is 1. The minimum atomic E-state index is -1.02. The van der Waals surface area contributed by atoms with Gasteiger partial charge in [-0.05, 0) is 42.3 Å². The number of pyridine rings is 1. The summed E-state index contributed by atoms with van der Waals surface area (Å²) in [6, 6.07) is 20.8. The van der Waals surface area contributed by atoms with Gasteiger partial charge in [0.1, 0.15) is 6.61 Å². The molecule has 3 rings (SSSR count). The van der Waals surface area contributed by atoms with E-state index >= 15 is 0 Å². The normalized spacial score (nSPS) is 11.4. The van der Waals surface area contributed by atoms with Crippen molar-refractivity contribution in [3.8, 4) is 0 Å². The maximum Gasteiger partial charge on any atom is 0.408 e. The Labute approximate surface area is 175 Å². The van der Waals surface area contributed by atoms with E-state index in [1.807, 2.05) is 49.4 Å². The monoisotopic (exact) mass is 404 g/mol. The highest BCUT2D eigenvalue weighted by Gasteiger charge is 2.25. The number of ether oxygens (including phenoxy) is 1. The largest absolute Gasteiger partial charge is 0.445 e. The quantitative estimate of drug-likeness (QED) is 0.559. The van der Waals surface area contributed by atoms with Crippen LogP contribution in [0.3, 0.4) is 0 Å². The number of nitrogens with one attached hydrogen (secondary N) is 2. The third-order valence-corrected chi connectivity index (χ3v) is 4.37. The van der Waals surface area contributed by atoms with Crippen LogP contribution in [0.15, 0.2) is 72.8 Å². The first-order chi connectivity index (χ1) is 14.5. The number of nitrogens with two attached hydrogens (primary N) is 1. The summed E-state index contributed by atoms with van der Waals surface area (Å²) in [7, 11) is 0. The summed E-state index contributed by atoms with van der Waals surface area (Å²) in [5.74, 6) is -0.432. The summed E-state index contributed by atoms with van der Waals surface area (Å²) in [5, 5.41) is 5.43. The van der Waals surface area contributed by atoms with E-state index in [4.69, 9.17) is 10.5 Å². The maximum absolute atomic E-state index is 13.0. The van der Waals surface area contributed by atoms with E-state index in [0.717, 1.165) is 16.8 Å². The van der Waals surface area contributed by atoms with Crippen molar-refractivity contribution in [1.29, 1.82) is 0 Å². The van der Waals surface area contributed by atoms with Gasteiger partial charge in [-0.1, -0.05) is 48.5 Å². The number of hydrogen-bond acceptors (Lipinski definition) is 5. The van der Waals surface area contributed by atoms with Gasteiger partial charge in [0.2, 0.25) is 0 Å². The van der Waals surface area contributed by atoms with Crippen molar-refractivity contribution in [1.82, 2.24) is 10.3 Å². The number of amides is 2. The fraction of sp³-hybridized carbons (Fsp3) is 0.174. The molecule has 7 nitrogen and oxygen atoms in total. The molecule has 4 N–H and O–H groups in total. The maximum atomic E-state index is 13.0. The van der Waals surface area contributed by atoms with Crippen molar-refractivity contribution in [2.24, 2.45) is 5.73 Å². The van der Waals surface area contributed by atoms with Crippen LogP contribution in [-0.4, -0.2) is 17.0 Å². The summed E-state index contributed by atoms with van der Waals surface area (Å²) in [6.07, 6.45) is -0.710. The predicted octanol–water partition coefficient (Wildman–Crippen LogP) is 3.45. The average Bonchev–Trinajstić information content (AvgIpc) is 2.76. The van der Waals surface area contributed by atoms with Crippen molar-refractivity contribution in [2.45, 2.75) is 26.1 Å². The van der Waals surface area contributed by atoms with Crippen LogP contribution in [0.5, 0.6) is 0 Å². The Morgan fingerprint density at radius 2 is 1.73 bits per heavy atom. The van der Waals surface area contributed by atoms with Gasteiger partial charge < -0.3 is 21.1 Å². The van der Waals surface area contributed by atoms with Crippen LogP contribution < -0.4 is 16.4 Å². The van der Waals surface area contributed by atoms with Gasteiger partial charge in [-0.3, -0.25) is 9.78 Å². The fourth-order valence-electron chi connectivity index (χ4n) is 2.87. The molecule has 0 bridgehead atoms. The Kier molecular flexibility index (Phi) is 7.13. The number of anilines is 1. The summed E-state index contributed by atoms with van der Waals surface area (Å²) >= 11 is 0. The second-order valence-corrected chi connectivity index (χ2v) is 6.74. The van der Waals surface area contributed by atoms with E-state index in [0.29, 0.717) is 17.9 Å². The van der Waals surface area contributed by atoms with Crippen LogP contribution in [0.1, 0.15) is 28.6 Å². The highest BCUT2D eigenvalue weighted by atomic mass is 16.5. The Balaban J connectivity index is 1.74. The summed E-state index contributed by atoms with van der Waals surface area (Å²) in [5.41, 5.74) is 9.13. The van der Waals surface area contributed by atoms with Crippen LogP contribution in [0.2, 0.25) is 0 Å². The lowest BCUT2D eigenvalue weighted by Gasteiger charge is -2.18. The Hall–Kier alpha value is -3.71. The molecule has 0 spiro atoms. The van der Waals surface area contributed by atoms with Crippen LogP contribution in [0.25, 0.3) is 0 Å². The van der Waals surface area contributed by atoms with Crippen molar-refractivity contribution in [3.05, 3.63) is 95.3 Å². The minimum absolute atomic E-state index is 0.0980. The number of nitrogens with zero attached hydrogens (tertiary/aromatic N) is 1. The zero-order valence-corrected chi connectivity index (χ0v) is 16.7. The SMILES string of the molecule is Cc1cccc([C@@H](NC(=O)OCc2ccccc2)C(=O)Nc2cccc(CN)c2)n1. The lowest BCUT2D eigenvalue weighted by molar-refractivity contribution is -0.118. The molecule has 3 aromatic rings. The number of rotatable bonds is 7. The van der Waals surface area contributed by atoms with Gasteiger partial charge in [0.25, 0.3) is 5.91 Å². The van der Waals surface area contributed by atoms with Crippen molar-refractivity contribution < 1.29 is 14.3 Å². The molecular formula is C23H24N4O3. The molecule has 0 aliphatic heterocycles. The molecule has 0 radical (unpaired) electrons. The van der Waals surface area contributed by atoms with Gasteiger partial charge in [-0.2, -0.15) is 0 Å². The second kappa shape index (κ2) is 10.2. The Morgan fingerprint density at radius 3 is 2.47 bits per heavy atom. The number of aryl methyl sites for hydroxylation is 1. The van der Waals surface area contributed by atoms with Crippen molar-refractivity contribution in [2.75, 3.05) is 5.32 Å². The Bertz CT molecular complexity index is 1010. The number of benzene rings is 2. The van der Waals surface area contributed by atoms with Crippen LogP contribution in [0.4, 0.5) is 10.5 Å². The summed E-state index contributed by atoms with van der Waals surface area (Å²) in [4.78, 5) is 29.8. The van der Waals surface area contributed by atoms with Gasteiger partial charge in [-0.15, -0.1) is 0 Å². The lowest BCUT2D eigenvalue weighted by atomic mass is 10.1. The molecule has 1 heterocycles. The first kappa shape index (κ1) is 21.0. The number of carbonyl (C=O) groups is 2. The zero-order valence-electron chi connectivity index (χ0n) is 16.7. The van der Waals surface area contributed by atoms with Crippen molar-refractivity contribution in [3.63, 3.8) is 0 Å². The molecule has 1 aromatic heterocycles. The van der Waals surface area contributed by atoms with Gasteiger partial charge >= 0.3 is 6.09 Å². The molecule has 7 heteroatoms. The van der Waals surface area contributed by atoms with E-state index in [1.165, 1.54) is 0 Å². The Morgan fingerprint density at radius 1 is 1.00 bits per heavy atom. The first-order valence-electron chi connectivity index (χ1n) is 9.56. The number of hydrogen-bond donors (Lipinski definition) is 3. The van der Waals surface area contributed by atoms with E-state index in [-0.39, 0.29) is 6.61 Å². The fourth-order valence-corrected chi connectivity index (χ4v) is 2.87. The highest BCUT2D eigenvalue weighted by Crippen LogP contribution is 2.17. The molecule has 0 saturated heterocycles. The third kappa shape index (κ3) is 5.89. The topological polar surface area (TPSA) is 106 Å². The van der Waals surface area contributed by atoms with E-state index < -0.39 is 18.0 Å². The molecule has 154 valence electrons. The molecule has 0 fully saturated rings. The van der Waals surface area contributed by atoms with E-state index in [2.05, 4.69) is 15.6 Å². The standard InChI is InChI=1S/C23H24N4O3/c1-16-7-5-12-20(25-16)21(22(28)26-19-11-6-10-18(13-19)14-24)27-23(29)30-15-17-8-3-2-4-9-17/h2-13,21H,14-15,24H2,1H3,(H,26,28)(H,27,29)/t21-/m1/s1. The molecule has 0 aliphatic rings. The average molecular weight is 404 g/mol. The van der Waals surface area contributed by atoms with Gasteiger partial charge in [0.15, 0.2) is 6.04 Å². The third-order valence-electron chi connectivity index (χ3n) is 4.37. The van der Waals surface area contributed by atoms with Gasteiger partial charge in [0, 0.05) is 17.9 Å². The van der Waals surface area contributed by atoms with Crippen molar-refractivity contribution >= 4 is 17.7 Å². The molecule has 2 aromatic carbocycles. The van der Waals surface area contributed by atoms with Crippen LogP contribution in [0, 0.1) is 6.92 Å². The minimum Gasteiger partial charge on any atom is -0.445 e. The molecule has 0 aliphatic carbocycles. The van der Waals surface area contributed by atoms with Gasteiger partial charge in [-0.25, -0.2) is 4.79 Å². The second-order valence-electron chi connectivity index (χ2n) is 6.74. The van der Waals surface area contributed by atoms with Gasteiger partial charge in [0.05, 0.1) is 5.69 Å². The molecule has 2 amide bonds. The molecular weight excluding hydrogens is 380 g/mol. The predicted molar refractivity (Wildman–Crippen MR) is 114 cm³/mol. The van der Waals surface area contributed by atoms with E-state index in [1.54, 1.807) is 30.3 Å². The molecule has 1 atom stereocenters. The zero-order chi connectivity index (χ0) is 21.3. The summed E-state index contributed by atoms with van der Waals surface area (Å²) in [6.45, 7) is 2.27. The highest BCUT2D eigenvalue weighted by molar-refractivity contribution is 5.97. The van der Waals surface area contributed by atoms with E-state index in [9.17, 15) is 9.59 Å². The van der Waals surface area contributed by atoms with Crippen LogP contribution >= 0.6 is 0 Å². The number of carbonyl (C=O) groups excluding carboxylic acids is 2. The smallest absolute Gasteiger partial charge is 0.408 e. The molecule has 0 unspecified atom stereocenters. The lowest BCUT2D eigenvalue weighted by Crippen LogP contribution is -2.37. The first-order valence-corrected chi connectivity index (χ1v) is 9.56. The molecule has 30 heavy (non-hydrogen) atoms. The number of alkyl carbamates (subject to hydrolysis) is 1. The summed E-state index contributed by atoms with van der Waals surface area (Å²) < 4.78 is 5.27. The molecule has 0 saturated carbocycles.